The number of hydrogen-bond acceptors (Lipinski definition) is 6. The van der Waals surface area contributed by atoms with E-state index in [0.29, 0.717) is 13.2 Å². The van der Waals surface area contributed by atoms with Gasteiger partial charge in [-0.05, 0) is 41.3 Å². The first kappa shape index (κ1) is 14.7. The first-order chi connectivity index (χ1) is 11.6. The van der Waals surface area contributed by atoms with Crippen molar-refractivity contribution in [2.75, 3.05) is 27.6 Å². The number of hydrogen-bond donors (Lipinski definition) is 1. The monoisotopic (exact) mass is 331 g/mol. The van der Waals surface area contributed by atoms with E-state index in [4.69, 9.17) is 18.9 Å². The number of rotatable bonds is 2. The topological polar surface area (TPSA) is 60.4 Å². The number of benzene rings is 1. The highest BCUT2D eigenvalue weighted by molar-refractivity contribution is 5.55. The van der Waals surface area contributed by atoms with Crippen LogP contribution < -0.4 is 9.47 Å². The second kappa shape index (κ2) is 4.95. The molecule has 2 bridgehead atoms. The van der Waals surface area contributed by atoms with Crippen molar-refractivity contribution in [3.05, 3.63) is 34.9 Å². The van der Waals surface area contributed by atoms with Gasteiger partial charge in [0.15, 0.2) is 11.5 Å². The van der Waals surface area contributed by atoms with Crippen molar-refractivity contribution in [3.63, 3.8) is 0 Å². The third kappa shape index (κ3) is 1.80. The molecule has 1 aromatic rings. The first-order valence-corrected chi connectivity index (χ1v) is 8.32. The van der Waals surface area contributed by atoms with Gasteiger partial charge in [-0.25, -0.2) is 0 Å². The van der Waals surface area contributed by atoms with E-state index < -0.39 is 11.9 Å². The Bertz CT molecular complexity index is 726. The molecule has 6 heteroatoms. The predicted octanol–water partition coefficient (Wildman–Crippen LogP) is 1.38. The van der Waals surface area contributed by atoms with E-state index in [1.807, 2.05) is 6.08 Å². The summed E-state index contributed by atoms with van der Waals surface area (Å²) < 4.78 is 22.2. The fourth-order valence-corrected chi connectivity index (χ4v) is 4.70. The van der Waals surface area contributed by atoms with Crippen molar-refractivity contribution in [3.8, 4) is 11.5 Å². The average Bonchev–Trinajstić information content (AvgIpc) is 3.16. The molecule has 1 fully saturated rings. The SMILES string of the molecule is COC1(OC)C=C2[C@H]3CN(Cc4cc5c(cc43)OCO5)[C@H]2C[C@@H]1O. The summed E-state index contributed by atoms with van der Waals surface area (Å²) in [5.74, 6) is 0.884. The van der Waals surface area contributed by atoms with Crippen LogP contribution in [-0.4, -0.2) is 55.5 Å². The molecule has 0 amide bonds. The van der Waals surface area contributed by atoms with Crippen molar-refractivity contribution in [1.82, 2.24) is 4.90 Å². The van der Waals surface area contributed by atoms with Crippen LogP contribution in [0.5, 0.6) is 11.5 Å². The lowest BCUT2D eigenvalue weighted by atomic mass is 9.81. The molecule has 4 atom stereocenters. The van der Waals surface area contributed by atoms with Gasteiger partial charge >= 0.3 is 0 Å². The van der Waals surface area contributed by atoms with Crippen LogP contribution in [0, 0.1) is 0 Å². The second-order valence-corrected chi connectivity index (χ2v) is 6.93. The lowest BCUT2D eigenvalue weighted by Crippen LogP contribution is -2.51. The molecule has 24 heavy (non-hydrogen) atoms. The Morgan fingerprint density at radius 1 is 1.21 bits per heavy atom. The Morgan fingerprint density at radius 2 is 1.96 bits per heavy atom. The quantitative estimate of drug-likeness (QED) is 0.653. The fraction of sp³-hybridized carbons (Fsp3) is 0.556. The third-order valence-electron chi connectivity index (χ3n) is 5.95. The first-order valence-electron chi connectivity index (χ1n) is 8.32. The molecule has 1 N–H and O–H groups in total. The molecule has 5 rings (SSSR count). The van der Waals surface area contributed by atoms with Gasteiger partial charge in [-0.15, -0.1) is 0 Å². The lowest BCUT2D eigenvalue weighted by molar-refractivity contribution is -0.233. The largest absolute Gasteiger partial charge is 0.454 e. The van der Waals surface area contributed by atoms with Gasteiger partial charge in [-0.1, -0.05) is 0 Å². The Kier molecular flexibility index (Phi) is 3.04. The smallest absolute Gasteiger partial charge is 0.231 e. The summed E-state index contributed by atoms with van der Waals surface area (Å²) in [5, 5.41) is 10.6. The highest BCUT2D eigenvalue weighted by Crippen LogP contribution is 2.51. The van der Waals surface area contributed by atoms with E-state index >= 15 is 0 Å². The van der Waals surface area contributed by atoms with Crippen LogP contribution in [0.1, 0.15) is 23.5 Å². The second-order valence-electron chi connectivity index (χ2n) is 6.93. The molecule has 1 saturated heterocycles. The molecule has 0 aromatic heterocycles. The summed E-state index contributed by atoms with van der Waals surface area (Å²) in [6.45, 7) is 2.12. The molecule has 0 spiro atoms. The van der Waals surface area contributed by atoms with E-state index in [1.54, 1.807) is 14.2 Å². The van der Waals surface area contributed by atoms with Crippen LogP contribution in [0.25, 0.3) is 0 Å². The number of ether oxygens (including phenoxy) is 4. The summed E-state index contributed by atoms with van der Waals surface area (Å²) in [4.78, 5) is 2.43. The van der Waals surface area contributed by atoms with Gasteiger partial charge in [0.05, 0.1) is 0 Å². The zero-order valence-corrected chi connectivity index (χ0v) is 13.8. The standard InChI is InChI=1S/C18H21NO5/c1-21-18(22-2)6-12-13-8-19(14(12)5-17(18)20)7-10-3-15-16(4-11(10)13)24-9-23-15/h3-4,6,13-14,17,20H,5,7-9H2,1-2H3/t13-,14-,17-/m0/s1. The fourth-order valence-electron chi connectivity index (χ4n) is 4.70. The normalized spacial score (nSPS) is 34.5. The van der Waals surface area contributed by atoms with E-state index in [9.17, 15) is 5.11 Å². The van der Waals surface area contributed by atoms with Crippen LogP contribution in [0.2, 0.25) is 0 Å². The Hall–Kier alpha value is -1.60. The van der Waals surface area contributed by atoms with Crippen molar-refractivity contribution in [2.24, 2.45) is 0 Å². The van der Waals surface area contributed by atoms with Crippen LogP contribution in [0.15, 0.2) is 23.8 Å². The number of methoxy groups -OCH3 is 2. The van der Waals surface area contributed by atoms with Crippen molar-refractivity contribution in [2.45, 2.75) is 36.8 Å². The number of fused-ring (bicyclic) bond motifs is 8. The maximum atomic E-state index is 10.6. The summed E-state index contributed by atoms with van der Waals surface area (Å²) in [7, 11) is 3.16. The number of nitrogens with zero attached hydrogens (tertiary/aromatic N) is 1. The molecule has 3 heterocycles. The highest BCUT2D eigenvalue weighted by atomic mass is 16.7. The zero-order chi connectivity index (χ0) is 16.5. The number of aliphatic hydroxyl groups excluding tert-OH is 1. The third-order valence-corrected chi connectivity index (χ3v) is 5.95. The van der Waals surface area contributed by atoms with Gasteiger partial charge in [0.25, 0.3) is 0 Å². The van der Waals surface area contributed by atoms with Gasteiger partial charge in [-0.2, -0.15) is 0 Å². The van der Waals surface area contributed by atoms with E-state index in [2.05, 4.69) is 17.0 Å². The molecule has 6 nitrogen and oxygen atoms in total. The summed E-state index contributed by atoms with van der Waals surface area (Å²) in [6, 6.07) is 4.45. The zero-order valence-electron chi connectivity index (χ0n) is 13.8. The van der Waals surface area contributed by atoms with Crippen molar-refractivity contribution in [1.29, 1.82) is 0 Å². The molecular formula is C18H21NO5. The van der Waals surface area contributed by atoms with Crippen LogP contribution >= 0.6 is 0 Å². The number of aliphatic hydroxyl groups is 1. The van der Waals surface area contributed by atoms with Crippen LogP contribution in [0.3, 0.4) is 0 Å². The molecule has 3 aliphatic heterocycles. The highest BCUT2D eigenvalue weighted by Gasteiger charge is 2.51. The molecule has 4 aliphatic rings. The molecule has 1 unspecified atom stereocenters. The van der Waals surface area contributed by atoms with Gasteiger partial charge in [0, 0.05) is 39.3 Å². The average molecular weight is 331 g/mol. The van der Waals surface area contributed by atoms with Crippen molar-refractivity contribution >= 4 is 0 Å². The van der Waals surface area contributed by atoms with Gasteiger partial charge in [0.2, 0.25) is 12.6 Å². The lowest BCUT2D eigenvalue weighted by Gasteiger charge is -2.40. The van der Waals surface area contributed by atoms with Gasteiger partial charge in [0.1, 0.15) is 6.10 Å². The van der Waals surface area contributed by atoms with Crippen LogP contribution in [0.4, 0.5) is 0 Å². The maximum Gasteiger partial charge on any atom is 0.231 e. The Morgan fingerprint density at radius 3 is 2.71 bits per heavy atom. The molecular weight excluding hydrogens is 310 g/mol. The molecule has 0 saturated carbocycles. The maximum absolute atomic E-state index is 10.6. The summed E-state index contributed by atoms with van der Waals surface area (Å²) >= 11 is 0. The van der Waals surface area contributed by atoms with E-state index in [0.717, 1.165) is 24.6 Å². The minimum absolute atomic E-state index is 0.229. The minimum Gasteiger partial charge on any atom is -0.454 e. The van der Waals surface area contributed by atoms with E-state index in [-0.39, 0.29) is 12.0 Å². The van der Waals surface area contributed by atoms with Gasteiger partial charge in [-0.3, -0.25) is 4.90 Å². The summed E-state index contributed by atoms with van der Waals surface area (Å²) in [6.07, 6.45) is 1.93. The molecule has 1 aliphatic carbocycles. The van der Waals surface area contributed by atoms with E-state index in [1.165, 1.54) is 16.7 Å². The molecule has 0 radical (unpaired) electrons. The van der Waals surface area contributed by atoms with Gasteiger partial charge < -0.3 is 24.1 Å². The predicted molar refractivity (Wildman–Crippen MR) is 85.0 cm³/mol. The minimum atomic E-state index is -1.05. The Labute approximate surface area is 140 Å². The Balaban J connectivity index is 1.62. The summed E-state index contributed by atoms with van der Waals surface area (Å²) in [5.41, 5.74) is 3.85. The molecule has 128 valence electrons. The van der Waals surface area contributed by atoms with Crippen LogP contribution in [-0.2, 0) is 16.0 Å². The molecule has 1 aromatic carbocycles. The van der Waals surface area contributed by atoms with Crippen molar-refractivity contribution < 1.29 is 24.1 Å².